The third kappa shape index (κ3) is 2.45. The van der Waals surface area contributed by atoms with E-state index in [2.05, 4.69) is 27.7 Å². The summed E-state index contributed by atoms with van der Waals surface area (Å²) in [5.41, 5.74) is -1.39. The molecule has 4 nitrogen and oxygen atoms in total. The highest BCUT2D eigenvalue weighted by Gasteiger charge is 2.72. The lowest BCUT2D eigenvalue weighted by atomic mass is 9.89. The van der Waals surface area contributed by atoms with Crippen molar-refractivity contribution in [3.05, 3.63) is 0 Å². The second-order valence-corrected chi connectivity index (χ2v) is 8.26. The molecular formula is C16H29NO3. The number of carbonyl (C=O) groups is 2. The van der Waals surface area contributed by atoms with Crippen molar-refractivity contribution in [1.82, 2.24) is 4.90 Å². The van der Waals surface area contributed by atoms with Gasteiger partial charge in [-0.25, -0.2) is 4.79 Å². The molecule has 0 radical (unpaired) electrons. The van der Waals surface area contributed by atoms with Crippen molar-refractivity contribution < 1.29 is 14.3 Å². The van der Waals surface area contributed by atoms with Crippen LogP contribution < -0.4 is 0 Å². The molecule has 4 heteroatoms. The van der Waals surface area contributed by atoms with Crippen molar-refractivity contribution in [3.63, 3.8) is 0 Å². The molecule has 0 aromatic heterocycles. The molecule has 116 valence electrons. The van der Waals surface area contributed by atoms with E-state index in [1.807, 2.05) is 27.7 Å². The molecule has 1 rings (SSSR count). The summed E-state index contributed by atoms with van der Waals surface area (Å²) >= 11 is 0. The molecule has 0 spiro atoms. The molecule has 0 heterocycles. The third-order valence-electron chi connectivity index (χ3n) is 5.23. The number of carbonyl (C=O) groups excluding carboxylic acids is 2. The molecule has 1 amide bonds. The molecule has 1 aliphatic carbocycles. The first-order chi connectivity index (χ1) is 8.72. The van der Waals surface area contributed by atoms with E-state index < -0.39 is 17.2 Å². The van der Waals surface area contributed by atoms with Crippen LogP contribution >= 0.6 is 0 Å². The Morgan fingerprint density at radius 2 is 1.50 bits per heavy atom. The van der Waals surface area contributed by atoms with Crippen LogP contribution in [-0.4, -0.2) is 35.5 Å². The van der Waals surface area contributed by atoms with Crippen LogP contribution in [0.4, 0.5) is 4.79 Å². The predicted molar refractivity (Wildman–Crippen MR) is 79.5 cm³/mol. The summed E-state index contributed by atoms with van der Waals surface area (Å²) in [5.74, 6) is 0.109. The number of ether oxygens (including phenoxy) is 1. The highest BCUT2D eigenvalue weighted by Crippen LogP contribution is 2.72. The zero-order chi connectivity index (χ0) is 16.1. The molecule has 0 bridgehead atoms. The van der Waals surface area contributed by atoms with E-state index >= 15 is 0 Å². The van der Waals surface area contributed by atoms with Gasteiger partial charge in [0.25, 0.3) is 0 Å². The van der Waals surface area contributed by atoms with Gasteiger partial charge in [0.05, 0.1) is 0 Å². The summed E-state index contributed by atoms with van der Waals surface area (Å²) in [6, 6.07) is 0. The Bertz CT molecular complexity index is 406. The van der Waals surface area contributed by atoms with Crippen molar-refractivity contribution in [2.24, 2.45) is 16.7 Å². The molecule has 0 aromatic carbocycles. The zero-order valence-corrected chi connectivity index (χ0v) is 14.3. The van der Waals surface area contributed by atoms with Crippen LogP contribution in [0.1, 0.15) is 55.4 Å². The van der Waals surface area contributed by atoms with E-state index in [0.29, 0.717) is 0 Å². The summed E-state index contributed by atoms with van der Waals surface area (Å²) < 4.78 is 5.39. The molecule has 20 heavy (non-hydrogen) atoms. The number of amides is 1. The van der Waals surface area contributed by atoms with Crippen LogP contribution in [0, 0.1) is 16.7 Å². The maximum atomic E-state index is 12.3. The summed E-state index contributed by atoms with van der Waals surface area (Å²) in [7, 11) is 1.65. The first-order valence-electron chi connectivity index (χ1n) is 7.15. The van der Waals surface area contributed by atoms with Crippen LogP contribution in [0.5, 0.6) is 0 Å². The minimum atomic E-state index is -0.852. The monoisotopic (exact) mass is 283 g/mol. The number of likely N-dealkylation sites (N-methyl/N-ethyl adjacent to an activating group) is 1. The Kier molecular flexibility index (Phi) is 3.80. The Balaban J connectivity index is 3.02. The zero-order valence-electron chi connectivity index (χ0n) is 14.3. The highest BCUT2D eigenvalue weighted by molar-refractivity contribution is 5.77. The van der Waals surface area contributed by atoms with E-state index in [0.717, 1.165) is 6.29 Å². The van der Waals surface area contributed by atoms with Gasteiger partial charge in [0.15, 0.2) is 0 Å². The summed E-state index contributed by atoms with van der Waals surface area (Å²) in [5, 5.41) is 0. The van der Waals surface area contributed by atoms with Crippen LogP contribution in [0.3, 0.4) is 0 Å². The second kappa shape index (κ2) is 4.47. The van der Waals surface area contributed by atoms with Crippen LogP contribution in [-0.2, 0) is 9.53 Å². The van der Waals surface area contributed by atoms with E-state index in [4.69, 9.17) is 4.74 Å². The quantitative estimate of drug-likeness (QED) is 0.745. The van der Waals surface area contributed by atoms with Crippen LogP contribution in [0.15, 0.2) is 0 Å². The first-order valence-corrected chi connectivity index (χ1v) is 7.15. The van der Waals surface area contributed by atoms with Gasteiger partial charge in [-0.1, -0.05) is 27.7 Å². The second-order valence-electron chi connectivity index (χ2n) is 8.26. The van der Waals surface area contributed by atoms with E-state index in [9.17, 15) is 9.59 Å². The highest BCUT2D eigenvalue weighted by atomic mass is 16.6. The average Bonchev–Trinajstić information content (AvgIpc) is 2.65. The Morgan fingerprint density at radius 1 is 1.10 bits per heavy atom. The Morgan fingerprint density at radius 3 is 1.75 bits per heavy atom. The summed E-state index contributed by atoms with van der Waals surface area (Å²) in [6.07, 6.45) is 0.434. The van der Waals surface area contributed by atoms with E-state index in [-0.39, 0.29) is 16.7 Å². The Hall–Kier alpha value is -1.06. The van der Waals surface area contributed by atoms with Crippen molar-refractivity contribution in [3.8, 4) is 0 Å². The fourth-order valence-electron chi connectivity index (χ4n) is 3.53. The lowest BCUT2D eigenvalue weighted by molar-refractivity contribution is -0.119. The predicted octanol–water partition coefficient (Wildman–Crippen LogP) is 3.49. The maximum Gasteiger partial charge on any atom is 0.410 e. The number of aldehydes is 1. The van der Waals surface area contributed by atoms with Gasteiger partial charge in [0.1, 0.15) is 17.4 Å². The number of hydrogen-bond donors (Lipinski definition) is 0. The van der Waals surface area contributed by atoms with Crippen molar-refractivity contribution in [2.45, 2.75) is 66.5 Å². The molecule has 1 atom stereocenters. The maximum absolute atomic E-state index is 12.3. The van der Waals surface area contributed by atoms with Crippen molar-refractivity contribution >= 4 is 12.4 Å². The first kappa shape index (κ1) is 17.0. The minimum absolute atomic E-state index is 0.0128. The van der Waals surface area contributed by atoms with Gasteiger partial charge in [0.2, 0.25) is 0 Å². The number of rotatable bonds is 3. The molecule has 0 aromatic rings. The average molecular weight is 283 g/mol. The number of nitrogens with zero attached hydrogens (tertiary/aromatic N) is 1. The third-order valence-corrected chi connectivity index (χ3v) is 5.23. The van der Waals surface area contributed by atoms with Gasteiger partial charge in [-0.15, -0.1) is 0 Å². The fourth-order valence-corrected chi connectivity index (χ4v) is 3.53. The van der Waals surface area contributed by atoms with Gasteiger partial charge in [-0.3, -0.25) is 4.90 Å². The van der Waals surface area contributed by atoms with Crippen LogP contribution in [0.2, 0.25) is 0 Å². The summed E-state index contributed by atoms with van der Waals surface area (Å²) in [4.78, 5) is 25.5. The molecule has 0 saturated heterocycles. The lowest BCUT2D eigenvalue weighted by Crippen LogP contribution is -2.53. The van der Waals surface area contributed by atoms with Crippen molar-refractivity contribution in [2.75, 3.05) is 7.05 Å². The molecule has 0 aliphatic heterocycles. The summed E-state index contributed by atoms with van der Waals surface area (Å²) in [6.45, 7) is 15.9. The van der Waals surface area contributed by atoms with E-state index in [1.165, 1.54) is 4.90 Å². The van der Waals surface area contributed by atoms with E-state index in [1.54, 1.807) is 7.05 Å². The van der Waals surface area contributed by atoms with Gasteiger partial charge in [-0.05, 0) is 38.5 Å². The molecule has 0 N–H and O–H groups in total. The molecule has 1 saturated carbocycles. The smallest absolute Gasteiger partial charge is 0.410 e. The lowest BCUT2D eigenvalue weighted by Gasteiger charge is -2.37. The Labute approximate surface area is 122 Å². The fraction of sp³-hybridized carbons (Fsp3) is 0.875. The van der Waals surface area contributed by atoms with Crippen molar-refractivity contribution in [1.29, 1.82) is 0 Å². The molecule has 1 fully saturated rings. The SMILES string of the molecule is CN(C(=O)OC(C)(C)C)C(C)(C=O)C1C(C)(C)C1(C)C. The van der Waals surface area contributed by atoms with Crippen LogP contribution in [0.25, 0.3) is 0 Å². The largest absolute Gasteiger partial charge is 0.444 e. The molecule has 1 aliphatic rings. The standard InChI is InChI=1S/C16H29NO3/c1-13(2,3)20-12(19)17(9)16(8,10-18)11-14(4,5)15(11,6)7/h10-11H,1-9H3. The van der Waals surface area contributed by atoms with Gasteiger partial charge in [-0.2, -0.15) is 0 Å². The number of hydrogen-bond acceptors (Lipinski definition) is 3. The minimum Gasteiger partial charge on any atom is -0.444 e. The van der Waals surface area contributed by atoms with Gasteiger partial charge in [0, 0.05) is 13.0 Å². The normalized spacial score (nSPS) is 23.6. The molecular weight excluding hydrogens is 254 g/mol. The topological polar surface area (TPSA) is 46.6 Å². The van der Waals surface area contributed by atoms with Gasteiger partial charge < -0.3 is 9.53 Å². The molecule has 1 unspecified atom stereocenters. The van der Waals surface area contributed by atoms with Gasteiger partial charge >= 0.3 is 6.09 Å².